The molecular formula is C9H17N3O. The Morgan fingerprint density at radius 2 is 2.31 bits per heavy atom. The van der Waals surface area contributed by atoms with E-state index in [2.05, 4.69) is 5.10 Å². The average Bonchev–Trinajstić information content (AvgIpc) is 2.52. The Kier molecular flexibility index (Phi) is 2.93. The number of hydrogen-bond acceptors (Lipinski definition) is 3. The lowest BCUT2D eigenvalue weighted by molar-refractivity contribution is 0.111. The molecule has 1 rings (SSSR count). The first-order valence-corrected chi connectivity index (χ1v) is 4.50. The van der Waals surface area contributed by atoms with Gasteiger partial charge in [-0.15, -0.1) is 5.10 Å². The van der Waals surface area contributed by atoms with Gasteiger partial charge >= 0.3 is 0 Å². The van der Waals surface area contributed by atoms with Gasteiger partial charge in [0.05, 0.1) is 0 Å². The van der Waals surface area contributed by atoms with E-state index in [1.165, 1.54) is 0 Å². The fourth-order valence-corrected chi connectivity index (χ4v) is 0.898. The van der Waals surface area contributed by atoms with Gasteiger partial charge in [0.2, 0.25) is 5.88 Å². The van der Waals surface area contributed by atoms with Crippen molar-refractivity contribution in [1.29, 1.82) is 0 Å². The molecule has 4 nitrogen and oxygen atoms in total. The summed E-state index contributed by atoms with van der Waals surface area (Å²) < 4.78 is 7.40. The zero-order valence-electron chi connectivity index (χ0n) is 8.45. The third kappa shape index (κ3) is 2.73. The number of aryl methyl sites for hydroxylation is 1. The van der Waals surface area contributed by atoms with Crippen LogP contribution in [0.25, 0.3) is 0 Å². The summed E-state index contributed by atoms with van der Waals surface area (Å²) in [6.07, 6.45) is 1.89. The molecule has 0 aliphatic heterocycles. The molecule has 0 saturated heterocycles. The molecule has 0 amide bonds. The van der Waals surface area contributed by atoms with Gasteiger partial charge in [0, 0.05) is 25.4 Å². The Balaban J connectivity index is 2.63. The molecule has 0 bridgehead atoms. The summed E-state index contributed by atoms with van der Waals surface area (Å²) in [6.45, 7) is 7.25. The minimum Gasteiger partial charge on any atom is -0.469 e. The van der Waals surface area contributed by atoms with Crippen LogP contribution >= 0.6 is 0 Å². The van der Waals surface area contributed by atoms with Gasteiger partial charge in [0.1, 0.15) is 5.60 Å². The van der Waals surface area contributed by atoms with Gasteiger partial charge < -0.3 is 10.5 Å². The molecule has 0 atom stereocenters. The van der Waals surface area contributed by atoms with Gasteiger partial charge in [0.25, 0.3) is 0 Å². The normalized spacial score (nSPS) is 11.7. The molecule has 0 aliphatic carbocycles. The fraction of sp³-hybridized carbons (Fsp3) is 0.667. The minimum atomic E-state index is -0.340. The van der Waals surface area contributed by atoms with E-state index in [-0.39, 0.29) is 5.60 Å². The Hall–Kier alpha value is -1.03. The second-order valence-corrected chi connectivity index (χ2v) is 3.58. The molecular weight excluding hydrogens is 166 g/mol. The van der Waals surface area contributed by atoms with Crippen molar-refractivity contribution in [2.75, 3.05) is 6.54 Å². The van der Waals surface area contributed by atoms with E-state index in [0.717, 1.165) is 6.54 Å². The van der Waals surface area contributed by atoms with E-state index in [1.807, 2.05) is 37.7 Å². The highest BCUT2D eigenvalue weighted by atomic mass is 16.5. The highest BCUT2D eigenvalue weighted by Gasteiger charge is 2.18. The summed E-state index contributed by atoms with van der Waals surface area (Å²) in [6, 6.07) is 1.85. The summed E-state index contributed by atoms with van der Waals surface area (Å²) in [5, 5.41) is 4.20. The highest BCUT2D eigenvalue weighted by Crippen LogP contribution is 2.14. The number of nitrogens with zero attached hydrogens (tertiary/aromatic N) is 2. The van der Waals surface area contributed by atoms with Crippen molar-refractivity contribution in [2.45, 2.75) is 32.9 Å². The smallest absolute Gasteiger partial charge is 0.233 e. The van der Waals surface area contributed by atoms with Gasteiger partial charge in [-0.1, -0.05) is 0 Å². The number of ether oxygens (including phenoxy) is 1. The van der Waals surface area contributed by atoms with E-state index in [0.29, 0.717) is 12.4 Å². The second-order valence-electron chi connectivity index (χ2n) is 3.58. The molecule has 0 aliphatic rings. The lowest BCUT2D eigenvalue weighted by atomic mass is 10.1. The Morgan fingerprint density at radius 3 is 2.77 bits per heavy atom. The SMILES string of the molecule is CCn1ccc(OC(C)(C)CN)n1. The molecule has 0 unspecified atom stereocenters. The van der Waals surface area contributed by atoms with Crippen molar-refractivity contribution in [2.24, 2.45) is 5.73 Å². The lowest BCUT2D eigenvalue weighted by Gasteiger charge is -2.22. The molecule has 0 saturated carbocycles. The molecule has 1 heterocycles. The van der Waals surface area contributed by atoms with Crippen LogP contribution in [0.3, 0.4) is 0 Å². The minimum absolute atomic E-state index is 0.340. The van der Waals surface area contributed by atoms with Crippen molar-refractivity contribution in [1.82, 2.24) is 9.78 Å². The third-order valence-electron chi connectivity index (χ3n) is 1.81. The molecule has 0 spiro atoms. The summed E-state index contributed by atoms with van der Waals surface area (Å²) in [5.41, 5.74) is 5.19. The molecule has 0 aromatic carbocycles. The maximum absolute atomic E-state index is 5.58. The molecule has 1 aromatic heterocycles. The van der Waals surface area contributed by atoms with E-state index >= 15 is 0 Å². The van der Waals surface area contributed by atoms with Crippen LogP contribution in [0.1, 0.15) is 20.8 Å². The predicted octanol–water partition coefficient (Wildman–Crippen LogP) is 1.02. The van der Waals surface area contributed by atoms with E-state index < -0.39 is 0 Å². The number of rotatable bonds is 4. The quantitative estimate of drug-likeness (QED) is 0.758. The van der Waals surface area contributed by atoms with Crippen LogP contribution in [0.15, 0.2) is 12.3 Å². The van der Waals surface area contributed by atoms with Gasteiger partial charge in [-0.25, -0.2) is 0 Å². The van der Waals surface area contributed by atoms with Crippen molar-refractivity contribution >= 4 is 0 Å². The van der Waals surface area contributed by atoms with Crippen LogP contribution in [0.4, 0.5) is 0 Å². The Morgan fingerprint density at radius 1 is 1.62 bits per heavy atom. The monoisotopic (exact) mass is 183 g/mol. The van der Waals surface area contributed by atoms with Crippen LogP contribution in [0.5, 0.6) is 5.88 Å². The number of nitrogens with two attached hydrogens (primary N) is 1. The van der Waals surface area contributed by atoms with Gasteiger partial charge in [-0.05, 0) is 20.8 Å². The van der Waals surface area contributed by atoms with E-state index in [4.69, 9.17) is 10.5 Å². The zero-order valence-corrected chi connectivity index (χ0v) is 8.45. The topological polar surface area (TPSA) is 53.1 Å². The van der Waals surface area contributed by atoms with Crippen LogP contribution in [-0.2, 0) is 6.54 Å². The first-order chi connectivity index (χ1) is 6.07. The Labute approximate surface area is 78.7 Å². The van der Waals surface area contributed by atoms with Crippen LogP contribution < -0.4 is 10.5 Å². The van der Waals surface area contributed by atoms with Crippen molar-refractivity contribution in [3.05, 3.63) is 12.3 Å². The molecule has 1 aromatic rings. The average molecular weight is 183 g/mol. The van der Waals surface area contributed by atoms with Crippen LogP contribution in [0.2, 0.25) is 0 Å². The maximum Gasteiger partial charge on any atom is 0.233 e. The van der Waals surface area contributed by atoms with Gasteiger partial charge in [-0.2, -0.15) is 0 Å². The maximum atomic E-state index is 5.58. The Bertz CT molecular complexity index is 268. The molecule has 4 heteroatoms. The third-order valence-corrected chi connectivity index (χ3v) is 1.81. The lowest BCUT2D eigenvalue weighted by Crippen LogP contribution is -2.37. The molecule has 74 valence electrons. The largest absolute Gasteiger partial charge is 0.469 e. The first kappa shape index (κ1) is 10.1. The summed E-state index contributed by atoms with van der Waals surface area (Å²) in [7, 11) is 0. The second kappa shape index (κ2) is 3.79. The summed E-state index contributed by atoms with van der Waals surface area (Å²) in [4.78, 5) is 0. The standard InChI is InChI=1S/C9H17N3O/c1-4-12-6-5-8(11-12)13-9(2,3)7-10/h5-6H,4,7,10H2,1-3H3. The van der Waals surface area contributed by atoms with Crippen molar-refractivity contribution in [3.63, 3.8) is 0 Å². The highest BCUT2D eigenvalue weighted by molar-refractivity contribution is 5.07. The van der Waals surface area contributed by atoms with Crippen molar-refractivity contribution < 1.29 is 4.74 Å². The van der Waals surface area contributed by atoms with Gasteiger partial charge in [0.15, 0.2) is 0 Å². The number of hydrogen-bond donors (Lipinski definition) is 1. The van der Waals surface area contributed by atoms with Crippen molar-refractivity contribution in [3.8, 4) is 5.88 Å². The predicted molar refractivity (Wildman–Crippen MR) is 51.7 cm³/mol. The molecule has 13 heavy (non-hydrogen) atoms. The van der Waals surface area contributed by atoms with Crippen LogP contribution in [0, 0.1) is 0 Å². The summed E-state index contributed by atoms with van der Waals surface area (Å²) in [5.74, 6) is 0.636. The molecule has 0 fully saturated rings. The molecule has 2 N–H and O–H groups in total. The fourth-order valence-electron chi connectivity index (χ4n) is 0.898. The summed E-state index contributed by atoms with van der Waals surface area (Å²) >= 11 is 0. The molecule has 0 radical (unpaired) electrons. The number of aromatic nitrogens is 2. The van der Waals surface area contributed by atoms with E-state index in [9.17, 15) is 0 Å². The van der Waals surface area contributed by atoms with Crippen LogP contribution in [-0.4, -0.2) is 21.9 Å². The zero-order chi connectivity index (χ0) is 9.90. The van der Waals surface area contributed by atoms with Gasteiger partial charge in [-0.3, -0.25) is 4.68 Å². The first-order valence-electron chi connectivity index (χ1n) is 4.50. The van der Waals surface area contributed by atoms with E-state index in [1.54, 1.807) is 0 Å².